The van der Waals surface area contributed by atoms with Crippen LogP contribution >= 0.6 is 23.2 Å². The predicted octanol–water partition coefficient (Wildman–Crippen LogP) is 3.19. The fourth-order valence-electron chi connectivity index (χ4n) is 0. The molecule has 0 saturated carbocycles. The molecule has 0 aliphatic heterocycles. The molecule has 0 heterocycles. The average Bonchev–Trinajstić information content (AvgIpc) is 1.19. The van der Waals surface area contributed by atoms with Crippen molar-refractivity contribution in [1.29, 1.82) is 0 Å². The second-order valence-corrected chi connectivity index (χ2v) is 1.67. The van der Waals surface area contributed by atoms with Crippen LogP contribution in [-0.4, -0.2) is 11.5 Å². The Morgan fingerprint density at radius 2 is 1.00 bits per heavy atom. The van der Waals surface area contributed by atoms with Gasteiger partial charge in [0.15, 0.2) is 0 Å². The molecule has 0 aromatic heterocycles. The molecule has 58 valence electrons. The highest BCUT2D eigenvalue weighted by atomic mass is 35.5. The topological polar surface area (TPSA) is 0 Å². The molecule has 0 bridgehead atoms. The largest absolute Gasteiger partial charge is 0.559 e. The summed E-state index contributed by atoms with van der Waals surface area (Å²) in [7, 11) is 0. The van der Waals surface area contributed by atoms with E-state index in [1.807, 2.05) is 0 Å². The molecule has 0 aliphatic carbocycles. The van der Waals surface area contributed by atoms with E-state index in [-0.39, 0.29) is 0 Å². The maximum Gasteiger partial charge on any atom is 0.559 e. The Hall–Kier alpha value is 0.230. The van der Waals surface area contributed by atoms with Gasteiger partial charge in [0.2, 0.25) is 5.09 Å². The quantitative estimate of drug-likeness (QED) is 0.407. The molecule has 0 atom stereocenters. The Bertz CT molecular complexity index is 49.7. The van der Waals surface area contributed by atoms with Crippen molar-refractivity contribution in [2.75, 3.05) is 0 Å². The third-order valence-electron chi connectivity index (χ3n) is 0. The lowest BCUT2D eigenvalue weighted by atomic mass is 11.5. The molecule has 0 aromatic rings. The van der Waals surface area contributed by atoms with Gasteiger partial charge in [-0.15, -0.1) is 17.6 Å². The second-order valence-electron chi connectivity index (χ2n) is 0.676. The summed E-state index contributed by atoms with van der Waals surface area (Å²) in [6.07, 6.45) is -5.50. The van der Waals surface area contributed by atoms with Crippen LogP contribution in [0.3, 0.4) is 0 Å². The molecule has 0 unspecified atom stereocenters. The van der Waals surface area contributed by atoms with E-state index >= 15 is 0 Å². The van der Waals surface area contributed by atoms with Gasteiger partial charge in [-0.3, -0.25) is 0 Å². The Morgan fingerprint density at radius 1 is 1.00 bits per heavy atom. The lowest BCUT2D eigenvalue weighted by Gasteiger charge is -1.82. The van der Waals surface area contributed by atoms with Crippen molar-refractivity contribution in [2.24, 2.45) is 0 Å². The van der Waals surface area contributed by atoms with Crippen LogP contribution in [0.25, 0.3) is 0 Å². The van der Waals surface area contributed by atoms with Crippen molar-refractivity contribution in [3.05, 3.63) is 0 Å². The standard InChI is InChI=1S/CHCl2F.CF4/c2-1(3)4;2-1(3,4)5/h1H;. The third-order valence-corrected chi connectivity index (χ3v) is 0. The summed E-state index contributed by atoms with van der Waals surface area (Å²) in [4.78, 5) is 0. The van der Waals surface area contributed by atoms with Crippen molar-refractivity contribution < 1.29 is 22.0 Å². The summed E-state index contributed by atoms with van der Waals surface area (Å²) in [5.74, 6) is 0. The van der Waals surface area contributed by atoms with Crippen LogP contribution in [0.5, 0.6) is 0 Å². The molecule has 0 spiro atoms. The summed E-state index contributed by atoms with van der Waals surface area (Å²) in [5, 5.41) is -1.72. The highest BCUT2D eigenvalue weighted by molar-refractivity contribution is 6.42. The zero-order valence-electron chi connectivity index (χ0n) is 3.72. The van der Waals surface area contributed by atoms with Crippen molar-refractivity contribution in [2.45, 2.75) is 11.5 Å². The van der Waals surface area contributed by atoms with E-state index in [0.29, 0.717) is 0 Å². The number of hydrogen-bond acceptors (Lipinski definition) is 0. The lowest BCUT2D eigenvalue weighted by molar-refractivity contribution is -0.237. The van der Waals surface area contributed by atoms with Crippen LogP contribution in [0, 0.1) is 0 Å². The van der Waals surface area contributed by atoms with E-state index in [4.69, 9.17) is 0 Å². The fourth-order valence-corrected chi connectivity index (χ4v) is 0. The van der Waals surface area contributed by atoms with Gasteiger partial charge in [-0.05, 0) is 0 Å². The molecule has 0 amide bonds. The minimum atomic E-state index is -5.50. The fraction of sp³-hybridized carbons (Fsp3) is 1.00. The predicted molar refractivity (Wildman–Crippen MR) is 23.8 cm³/mol. The van der Waals surface area contributed by atoms with Gasteiger partial charge in [0.25, 0.3) is 0 Å². The number of hydrogen-bond donors (Lipinski definition) is 0. The van der Waals surface area contributed by atoms with Gasteiger partial charge < -0.3 is 0 Å². The summed E-state index contributed by atoms with van der Waals surface area (Å²) >= 11 is 8.75. The zero-order valence-corrected chi connectivity index (χ0v) is 5.23. The number of halogens is 7. The molecule has 0 radical (unpaired) electrons. The molecule has 0 aromatic carbocycles. The van der Waals surface area contributed by atoms with Gasteiger partial charge in [-0.25, -0.2) is 4.39 Å². The zero-order chi connectivity index (χ0) is 8.08. The van der Waals surface area contributed by atoms with E-state index in [0.717, 1.165) is 0 Å². The second kappa shape index (κ2) is 5.05. The van der Waals surface area contributed by atoms with Crippen molar-refractivity contribution in [3.63, 3.8) is 0 Å². The Kier molecular flexibility index (Phi) is 6.71. The third kappa shape index (κ3) is 6040. The molecule has 0 nitrogen and oxygen atoms in total. The van der Waals surface area contributed by atoms with E-state index in [9.17, 15) is 22.0 Å². The normalized spacial score (nSPS) is 10.7. The first-order valence-corrected chi connectivity index (χ1v) is 2.28. The maximum absolute atomic E-state index is 10.5. The summed E-state index contributed by atoms with van der Waals surface area (Å²) in [5.41, 5.74) is 0. The molecule has 9 heavy (non-hydrogen) atoms. The van der Waals surface area contributed by atoms with Crippen molar-refractivity contribution in [1.82, 2.24) is 0 Å². The van der Waals surface area contributed by atoms with Gasteiger partial charge >= 0.3 is 6.43 Å². The SMILES string of the molecule is FC(Cl)Cl.FC(F)(F)F. The molecular weight excluding hydrogens is 190 g/mol. The minimum absolute atomic E-state index is 1.72. The molecule has 0 saturated heterocycles. The molecular formula is C2HCl2F5. The first kappa shape index (κ1) is 12.0. The van der Waals surface area contributed by atoms with E-state index < -0.39 is 11.5 Å². The van der Waals surface area contributed by atoms with Gasteiger partial charge in [-0.1, -0.05) is 23.2 Å². The van der Waals surface area contributed by atoms with Gasteiger partial charge in [0.05, 0.1) is 0 Å². The van der Waals surface area contributed by atoms with Crippen molar-refractivity contribution >= 4 is 23.2 Å². The number of rotatable bonds is 0. The molecule has 0 fully saturated rings. The summed E-state index contributed by atoms with van der Waals surface area (Å²) in [6, 6.07) is 0. The van der Waals surface area contributed by atoms with Gasteiger partial charge in [0.1, 0.15) is 0 Å². The van der Waals surface area contributed by atoms with E-state index in [1.54, 1.807) is 0 Å². The van der Waals surface area contributed by atoms with Crippen LogP contribution in [0.15, 0.2) is 0 Å². The van der Waals surface area contributed by atoms with Crippen molar-refractivity contribution in [3.8, 4) is 0 Å². The first-order valence-electron chi connectivity index (χ1n) is 1.41. The molecule has 0 N–H and O–H groups in total. The summed E-state index contributed by atoms with van der Waals surface area (Å²) in [6.45, 7) is 0. The Labute approximate surface area is 57.5 Å². The molecule has 0 rings (SSSR count). The van der Waals surface area contributed by atoms with Crippen LogP contribution in [-0.2, 0) is 0 Å². The van der Waals surface area contributed by atoms with Gasteiger partial charge in [0, 0.05) is 0 Å². The first-order chi connectivity index (χ1) is 3.73. The molecule has 0 aliphatic rings. The van der Waals surface area contributed by atoms with Crippen LogP contribution in [0.2, 0.25) is 0 Å². The highest BCUT2D eigenvalue weighted by Gasteiger charge is 2.24. The van der Waals surface area contributed by atoms with Crippen LogP contribution in [0.4, 0.5) is 22.0 Å². The monoisotopic (exact) mass is 190 g/mol. The van der Waals surface area contributed by atoms with E-state index in [1.165, 1.54) is 0 Å². The smallest absolute Gasteiger partial charge is 0.212 e. The maximum atomic E-state index is 10.5. The highest BCUT2D eigenvalue weighted by Crippen LogP contribution is 2.13. The Morgan fingerprint density at radius 3 is 1.00 bits per heavy atom. The van der Waals surface area contributed by atoms with Crippen LogP contribution in [0.1, 0.15) is 0 Å². The Balaban J connectivity index is 0. The van der Waals surface area contributed by atoms with Gasteiger partial charge in [-0.2, -0.15) is 0 Å². The minimum Gasteiger partial charge on any atom is -0.212 e. The van der Waals surface area contributed by atoms with Crippen LogP contribution < -0.4 is 0 Å². The molecule has 7 heteroatoms. The average molecular weight is 191 g/mol. The van der Waals surface area contributed by atoms with E-state index in [2.05, 4.69) is 23.2 Å². The number of alkyl halides is 7. The lowest BCUT2D eigenvalue weighted by Crippen LogP contribution is -1.92. The summed E-state index contributed by atoms with van der Waals surface area (Å²) < 4.78 is 49.3.